The van der Waals surface area contributed by atoms with Crippen LogP contribution in [-0.4, -0.2) is 9.13 Å². The Hall–Kier alpha value is -6.84. The van der Waals surface area contributed by atoms with E-state index in [0.29, 0.717) is 0 Å². The molecule has 3 heterocycles. The highest BCUT2D eigenvalue weighted by molar-refractivity contribution is 6.16. The zero-order chi connectivity index (χ0) is 34.9. The van der Waals surface area contributed by atoms with Crippen molar-refractivity contribution in [2.24, 2.45) is 0 Å². The second-order valence-corrected chi connectivity index (χ2v) is 14.0. The Morgan fingerprint density at radius 2 is 1.06 bits per heavy atom. The number of hydrogen-bond donors (Lipinski definition) is 0. The van der Waals surface area contributed by atoms with Crippen molar-refractivity contribution in [3.63, 3.8) is 0 Å². The lowest BCUT2D eigenvalue weighted by Crippen LogP contribution is -2.03. The minimum absolute atomic E-state index is 0.844. The summed E-state index contributed by atoms with van der Waals surface area (Å²) < 4.78 is 11.4. The van der Waals surface area contributed by atoms with Crippen LogP contribution in [0.1, 0.15) is 5.56 Å². The van der Waals surface area contributed by atoms with Gasteiger partial charge in [0.05, 0.1) is 11.0 Å². The molecule has 3 aromatic heterocycles. The first-order chi connectivity index (χ1) is 26.3. The summed E-state index contributed by atoms with van der Waals surface area (Å²) in [6.07, 6.45) is 0.874. The second-order valence-electron chi connectivity index (χ2n) is 14.0. The molecule has 11 rings (SSSR count). The SMILES string of the molecule is c1ccc(-c2ccccc2-c2cccc3c2c2ccccc2n3CCc2cccc3c4ccccc4n(-c4ccc5c(c4)oc4ccccc45)c23)cc1. The summed E-state index contributed by atoms with van der Waals surface area (Å²) in [5.41, 5.74) is 14.2. The first kappa shape index (κ1) is 29.8. The minimum atomic E-state index is 0.844. The average Bonchev–Trinajstić information content (AvgIpc) is 3.88. The van der Waals surface area contributed by atoms with Crippen LogP contribution in [0.15, 0.2) is 186 Å². The Morgan fingerprint density at radius 1 is 0.415 bits per heavy atom. The van der Waals surface area contributed by atoms with Crippen LogP contribution < -0.4 is 0 Å². The maximum Gasteiger partial charge on any atom is 0.137 e. The molecule has 3 nitrogen and oxygen atoms in total. The molecule has 0 fully saturated rings. The number of fused-ring (bicyclic) bond motifs is 9. The lowest BCUT2D eigenvalue weighted by atomic mass is 9.92. The van der Waals surface area contributed by atoms with Crippen LogP contribution in [0.5, 0.6) is 0 Å². The number of para-hydroxylation sites is 4. The standard InChI is InChI=1S/C50H34N2O/c1-2-14-33(15-3-1)36-17-4-5-18-37(36)41-22-13-26-46-49(41)43-21-7-9-24-44(43)51(46)31-30-34-16-12-23-42-38-19-6-10-25-45(38)52(50(34)42)35-28-29-40-39-20-8-11-27-47(39)53-48(40)32-35/h1-29,32H,30-31H2. The van der Waals surface area contributed by atoms with Gasteiger partial charge in [0.2, 0.25) is 0 Å². The van der Waals surface area contributed by atoms with Gasteiger partial charge in [-0.15, -0.1) is 0 Å². The molecule has 0 saturated carbocycles. The Morgan fingerprint density at radius 3 is 1.94 bits per heavy atom. The van der Waals surface area contributed by atoms with Crippen molar-refractivity contribution >= 4 is 65.6 Å². The summed E-state index contributed by atoms with van der Waals surface area (Å²) in [7, 11) is 0. The molecule has 0 aliphatic heterocycles. The lowest BCUT2D eigenvalue weighted by Gasteiger charge is -2.14. The highest BCUT2D eigenvalue weighted by Crippen LogP contribution is 2.41. The van der Waals surface area contributed by atoms with E-state index in [1.54, 1.807) is 0 Å². The predicted octanol–water partition coefficient (Wildman–Crippen LogP) is 13.4. The number of aryl methyl sites for hydroxylation is 2. The number of rotatable bonds is 6. The maximum absolute atomic E-state index is 6.38. The molecule has 0 aliphatic carbocycles. The summed E-state index contributed by atoms with van der Waals surface area (Å²) in [6.45, 7) is 0.844. The summed E-state index contributed by atoms with van der Waals surface area (Å²) in [4.78, 5) is 0. The van der Waals surface area contributed by atoms with Crippen LogP contribution in [-0.2, 0) is 13.0 Å². The van der Waals surface area contributed by atoms with E-state index < -0.39 is 0 Å². The van der Waals surface area contributed by atoms with E-state index in [2.05, 4.69) is 179 Å². The van der Waals surface area contributed by atoms with Crippen molar-refractivity contribution in [3.05, 3.63) is 188 Å². The van der Waals surface area contributed by atoms with Crippen molar-refractivity contribution in [2.45, 2.75) is 13.0 Å². The predicted molar refractivity (Wildman–Crippen MR) is 222 cm³/mol. The summed E-state index contributed by atoms with van der Waals surface area (Å²) in [5, 5.41) is 7.40. The van der Waals surface area contributed by atoms with Gasteiger partial charge < -0.3 is 13.6 Å². The first-order valence-corrected chi connectivity index (χ1v) is 18.4. The van der Waals surface area contributed by atoms with Crippen LogP contribution >= 0.6 is 0 Å². The second kappa shape index (κ2) is 11.9. The zero-order valence-corrected chi connectivity index (χ0v) is 29.0. The van der Waals surface area contributed by atoms with Crippen molar-refractivity contribution in [3.8, 4) is 27.9 Å². The molecular weight excluding hydrogens is 645 g/mol. The molecular formula is C50H34N2O. The highest BCUT2D eigenvalue weighted by Gasteiger charge is 2.20. The Bertz CT molecular complexity index is 3180. The molecule has 0 bridgehead atoms. The molecule has 0 atom stereocenters. The van der Waals surface area contributed by atoms with Gasteiger partial charge in [0.25, 0.3) is 0 Å². The third-order valence-corrected chi connectivity index (χ3v) is 11.1. The minimum Gasteiger partial charge on any atom is -0.456 e. The van der Waals surface area contributed by atoms with E-state index in [-0.39, 0.29) is 0 Å². The van der Waals surface area contributed by atoms with E-state index >= 15 is 0 Å². The molecule has 8 aromatic carbocycles. The number of hydrogen-bond acceptors (Lipinski definition) is 1. The molecule has 3 heteroatoms. The molecule has 0 unspecified atom stereocenters. The molecule has 0 spiro atoms. The number of nitrogens with zero attached hydrogens (tertiary/aromatic N) is 2. The van der Waals surface area contributed by atoms with Crippen molar-refractivity contribution in [2.75, 3.05) is 0 Å². The molecule has 0 aliphatic rings. The monoisotopic (exact) mass is 678 g/mol. The van der Waals surface area contributed by atoms with Crippen LogP contribution in [0.25, 0.3) is 93.5 Å². The largest absolute Gasteiger partial charge is 0.456 e. The summed E-state index contributed by atoms with van der Waals surface area (Å²) in [5.74, 6) is 0. The smallest absolute Gasteiger partial charge is 0.137 e. The van der Waals surface area contributed by atoms with Gasteiger partial charge >= 0.3 is 0 Å². The number of aromatic nitrogens is 2. The topological polar surface area (TPSA) is 23.0 Å². The van der Waals surface area contributed by atoms with Gasteiger partial charge in [0, 0.05) is 61.6 Å². The van der Waals surface area contributed by atoms with E-state index in [0.717, 1.165) is 40.6 Å². The van der Waals surface area contributed by atoms with E-state index in [4.69, 9.17) is 4.42 Å². The quantitative estimate of drug-likeness (QED) is 0.172. The highest BCUT2D eigenvalue weighted by atomic mass is 16.3. The fraction of sp³-hybridized carbons (Fsp3) is 0.0400. The Kier molecular flexibility index (Phi) is 6.68. The fourth-order valence-electron chi connectivity index (χ4n) is 8.80. The maximum atomic E-state index is 6.38. The van der Waals surface area contributed by atoms with Gasteiger partial charge in [-0.3, -0.25) is 0 Å². The Balaban J connectivity index is 1.07. The zero-order valence-electron chi connectivity index (χ0n) is 29.0. The van der Waals surface area contributed by atoms with Crippen LogP contribution in [0.3, 0.4) is 0 Å². The molecule has 250 valence electrons. The van der Waals surface area contributed by atoms with Crippen LogP contribution in [0.4, 0.5) is 0 Å². The third-order valence-electron chi connectivity index (χ3n) is 11.1. The lowest BCUT2D eigenvalue weighted by molar-refractivity contribution is 0.668. The molecule has 0 radical (unpaired) electrons. The van der Waals surface area contributed by atoms with Gasteiger partial charge in [-0.2, -0.15) is 0 Å². The summed E-state index contributed by atoms with van der Waals surface area (Å²) >= 11 is 0. The molecule has 0 amide bonds. The molecule has 53 heavy (non-hydrogen) atoms. The van der Waals surface area contributed by atoms with E-state index in [1.807, 2.05) is 12.1 Å². The normalized spacial score (nSPS) is 11.9. The van der Waals surface area contributed by atoms with Crippen molar-refractivity contribution < 1.29 is 4.42 Å². The van der Waals surface area contributed by atoms with Crippen LogP contribution in [0.2, 0.25) is 0 Å². The fourth-order valence-corrected chi connectivity index (χ4v) is 8.80. The average molecular weight is 679 g/mol. The molecule has 0 N–H and O–H groups in total. The van der Waals surface area contributed by atoms with Gasteiger partial charge in [0.1, 0.15) is 11.2 Å². The van der Waals surface area contributed by atoms with Crippen LogP contribution in [0, 0.1) is 0 Å². The van der Waals surface area contributed by atoms with Crippen molar-refractivity contribution in [1.29, 1.82) is 0 Å². The van der Waals surface area contributed by atoms with E-state index in [9.17, 15) is 0 Å². The number of furan rings is 1. The molecule has 0 saturated heterocycles. The first-order valence-electron chi connectivity index (χ1n) is 18.4. The van der Waals surface area contributed by atoms with Crippen molar-refractivity contribution in [1.82, 2.24) is 9.13 Å². The third kappa shape index (κ3) is 4.60. The Labute approximate surface area is 306 Å². The number of benzene rings is 8. The molecule has 11 aromatic rings. The van der Waals surface area contributed by atoms with E-state index in [1.165, 1.54) is 71.4 Å². The van der Waals surface area contributed by atoms with Gasteiger partial charge in [-0.25, -0.2) is 0 Å². The van der Waals surface area contributed by atoms with Gasteiger partial charge in [0.15, 0.2) is 0 Å². The summed E-state index contributed by atoms with van der Waals surface area (Å²) in [6, 6.07) is 65.8. The van der Waals surface area contributed by atoms with Gasteiger partial charge in [-0.1, -0.05) is 140 Å². The van der Waals surface area contributed by atoms with Gasteiger partial charge in [-0.05, 0) is 70.6 Å².